The Bertz CT molecular complexity index is 645. The lowest BCUT2D eigenvalue weighted by Gasteiger charge is -2.18. The van der Waals surface area contributed by atoms with Gasteiger partial charge < -0.3 is 5.73 Å². The van der Waals surface area contributed by atoms with Gasteiger partial charge in [0, 0.05) is 18.1 Å². The van der Waals surface area contributed by atoms with Crippen LogP contribution in [-0.4, -0.2) is 15.5 Å². The predicted molar refractivity (Wildman–Crippen MR) is 75.5 cm³/mol. The van der Waals surface area contributed by atoms with E-state index >= 15 is 0 Å². The monoisotopic (exact) mass is 282 g/mol. The van der Waals surface area contributed by atoms with Gasteiger partial charge in [0.05, 0.1) is 5.69 Å². The number of hydrogen-bond acceptors (Lipinski definition) is 4. The van der Waals surface area contributed by atoms with Crippen LogP contribution in [0.5, 0.6) is 0 Å². The molecule has 96 valence electrons. The molecule has 0 aliphatic heterocycles. The average molecular weight is 282 g/mol. The standard InChI is InChI=1S/C12H14N2O2S2/c1-9-3-5-11(6-4-9)14(2)18(15,16)12-7-10(13)8-17-12/h3-8H,13H2,1-2H3. The van der Waals surface area contributed by atoms with Gasteiger partial charge >= 0.3 is 0 Å². The van der Waals surface area contributed by atoms with Crippen molar-refractivity contribution in [2.45, 2.75) is 11.1 Å². The summed E-state index contributed by atoms with van der Waals surface area (Å²) in [5.74, 6) is 0. The summed E-state index contributed by atoms with van der Waals surface area (Å²) < 4.78 is 26.1. The lowest BCUT2D eigenvalue weighted by Crippen LogP contribution is -2.25. The van der Waals surface area contributed by atoms with E-state index in [1.807, 2.05) is 19.1 Å². The number of rotatable bonds is 3. The van der Waals surface area contributed by atoms with E-state index in [9.17, 15) is 8.42 Å². The number of benzene rings is 1. The number of nitrogen functional groups attached to an aromatic ring is 1. The summed E-state index contributed by atoms with van der Waals surface area (Å²) in [6.07, 6.45) is 0. The minimum absolute atomic E-state index is 0.253. The smallest absolute Gasteiger partial charge is 0.273 e. The fraction of sp³-hybridized carbons (Fsp3) is 0.167. The van der Waals surface area contributed by atoms with E-state index < -0.39 is 10.0 Å². The highest BCUT2D eigenvalue weighted by atomic mass is 32.2. The number of sulfonamides is 1. The number of nitrogens with two attached hydrogens (primary N) is 1. The minimum atomic E-state index is -3.51. The molecule has 0 unspecified atom stereocenters. The number of nitrogens with zero attached hydrogens (tertiary/aromatic N) is 1. The number of hydrogen-bond donors (Lipinski definition) is 1. The molecule has 1 aromatic heterocycles. The Kier molecular flexibility index (Phi) is 3.32. The fourth-order valence-electron chi connectivity index (χ4n) is 1.49. The van der Waals surface area contributed by atoms with Crippen molar-refractivity contribution >= 4 is 32.7 Å². The van der Waals surface area contributed by atoms with Gasteiger partial charge in [0.1, 0.15) is 4.21 Å². The predicted octanol–water partition coefficient (Wildman–Crippen LogP) is 2.46. The van der Waals surface area contributed by atoms with Gasteiger partial charge in [0.2, 0.25) is 0 Å². The maximum atomic E-state index is 12.3. The summed E-state index contributed by atoms with van der Waals surface area (Å²) in [4.78, 5) is 0. The first-order chi connectivity index (χ1) is 8.41. The normalized spacial score (nSPS) is 11.4. The Labute approximate surface area is 111 Å². The van der Waals surface area contributed by atoms with Crippen LogP contribution in [0.3, 0.4) is 0 Å². The van der Waals surface area contributed by atoms with E-state index in [0.29, 0.717) is 11.4 Å². The molecule has 0 bridgehead atoms. The van der Waals surface area contributed by atoms with Gasteiger partial charge in [-0.15, -0.1) is 11.3 Å². The zero-order valence-electron chi connectivity index (χ0n) is 10.1. The molecule has 18 heavy (non-hydrogen) atoms. The topological polar surface area (TPSA) is 63.4 Å². The largest absolute Gasteiger partial charge is 0.398 e. The molecule has 0 saturated heterocycles. The second-order valence-corrected chi connectivity index (χ2v) is 7.11. The Balaban J connectivity index is 2.39. The molecule has 0 atom stereocenters. The van der Waals surface area contributed by atoms with Crippen molar-refractivity contribution in [3.8, 4) is 0 Å². The molecule has 4 nitrogen and oxygen atoms in total. The molecule has 0 aliphatic carbocycles. The summed E-state index contributed by atoms with van der Waals surface area (Å²) in [7, 11) is -1.97. The molecule has 0 amide bonds. The van der Waals surface area contributed by atoms with Crippen LogP contribution in [0.25, 0.3) is 0 Å². The van der Waals surface area contributed by atoms with E-state index in [2.05, 4.69) is 0 Å². The molecule has 0 saturated carbocycles. The first-order valence-corrected chi connectivity index (χ1v) is 7.63. The fourth-order valence-corrected chi connectivity index (χ4v) is 3.94. The summed E-state index contributed by atoms with van der Waals surface area (Å²) in [5.41, 5.74) is 7.75. The van der Waals surface area contributed by atoms with Crippen molar-refractivity contribution in [2.75, 3.05) is 17.1 Å². The van der Waals surface area contributed by atoms with Gasteiger partial charge in [-0.2, -0.15) is 0 Å². The second kappa shape index (κ2) is 4.62. The molecule has 0 spiro atoms. The minimum Gasteiger partial charge on any atom is -0.398 e. The van der Waals surface area contributed by atoms with Gasteiger partial charge in [0.25, 0.3) is 10.0 Å². The zero-order chi connectivity index (χ0) is 13.3. The van der Waals surface area contributed by atoms with Crippen LogP contribution < -0.4 is 10.0 Å². The van der Waals surface area contributed by atoms with Gasteiger partial charge in [-0.05, 0) is 25.1 Å². The number of aryl methyl sites for hydroxylation is 1. The van der Waals surface area contributed by atoms with Crippen molar-refractivity contribution < 1.29 is 8.42 Å². The molecule has 6 heteroatoms. The Morgan fingerprint density at radius 3 is 2.33 bits per heavy atom. The van der Waals surface area contributed by atoms with Gasteiger partial charge in [-0.1, -0.05) is 17.7 Å². The van der Waals surface area contributed by atoms with Gasteiger partial charge in [-0.3, -0.25) is 4.31 Å². The van der Waals surface area contributed by atoms with Crippen molar-refractivity contribution in [3.05, 3.63) is 41.3 Å². The van der Waals surface area contributed by atoms with E-state index in [1.165, 1.54) is 17.4 Å². The van der Waals surface area contributed by atoms with Crippen molar-refractivity contribution in [1.82, 2.24) is 0 Å². The van der Waals surface area contributed by atoms with Crippen LogP contribution in [0.2, 0.25) is 0 Å². The van der Waals surface area contributed by atoms with Crippen LogP contribution >= 0.6 is 11.3 Å². The molecule has 0 fully saturated rings. The van der Waals surface area contributed by atoms with Crippen LogP contribution in [0.4, 0.5) is 11.4 Å². The highest BCUT2D eigenvalue weighted by molar-refractivity contribution is 7.94. The third kappa shape index (κ3) is 2.34. The molecule has 0 radical (unpaired) electrons. The van der Waals surface area contributed by atoms with Crippen LogP contribution in [0.1, 0.15) is 5.56 Å². The maximum absolute atomic E-state index is 12.3. The number of anilines is 2. The third-order valence-corrected chi connectivity index (χ3v) is 5.83. The van der Waals surface area contributed by atoms with E-state index in [-0.39, 0.29) is 4.21 Å². The Morgan fingerprint density at radius 2 is 1.83 bits per heavy atom. The first kappa shape index (κ1) is 12.9. The van der Waals surface area contributed by atoms with Crippen LogP contribution in [-0.2, 0) is 10.0 Å². The number of thiophene rings is 1. The van der Waals surface area contributed by atoms with Crippen molar-refractivity contribution in [3.63, 3.8) is 0 Å². The quantitative estimate of drug-likeness (QED) is 0.940. The van der Waals surface area contributed by atoms with Crippen molar-refractivity contribution in [1.29, 1.82) is 0 Å². The van der Waals surface area contributed by atoms with E-state index in [0.717, 1.165) is 16.9 Å². The third-order valence-electron chi connectivity index (χ3n) is 2.61. The van der Waals surface area contributed by atoms with Crippen molar-refractivity contribution in [2.24, 2.45) is 0 Å². The molecular weight excluding hydrogens is 268 g/mol. The molecule has 2 rings (SSSR count). The highest BCUT2D eigenvalue weighted by Crippen LogP contribution is 2.27. The SMILES string of the molecule is Cc1ccc(N(C)S(=O)(=O)c2cc(N)cs2)cc1. The van der Waals surface area contributed by atoms with Crippen LogP contribution in [0, 0.1) is 6.92 Å². The molecule has 1 heterocycles. The summed E-state index contributed by atoms with van der Waals surface area (Å²) >= 11 is 1.13. The first-order valence-electron chi connectivity index (χ1n) is 5.31. The summed E-state index contributed by atoms with van der Waals surface area (Å²) in [6.45, 7) is 1.96. The Hall–Kier alpha value is -1.53. The Morgan fingerprint density at radius 1 is 1.22 bits per heavy atom. The lowest BCUT2D eigenvalue weighted by atomic mass is 10.2. The molecule has 1 aromatic carbocycles. The second-order valence-electron chi connectivity index (χ2n) is 4.01. The molecule has 0 aliphatic rings. The van der Waals surface area contributed by atoms with Gasteiger partial charge in [-0.25, -0.2) is 8.42 Å². The van der Waals surface area contributed by atoms with E-state index in [4.69, 9.17) is 5.73 Å². The van der Waals surface area contributed by atoms with Crippen LogP contribution in [0.15, 0.2) is 39.9 Å². The average Bonchev–Trinajstić information content (AvgIpc) is 2.76. The summed E-state index contributed by atoms with van der Waals surface area (Å²) in [5, 5.41) is 1.62. The maximum Gasteiger partial charge on any atom is 0.273 e. The summed E-state index contributed by atoms with van der Waals surface area (Å²) in [6, 6.07) is 8.80. The lowest BCUT2D eigenvalue weighted by molar-refractivity contribution is 0.596. The zero-order valence-corrected chi connectivity index (χ0v) is 11.8. The van der Waals surface area contributed by atoms with E-state index in [1.54, 1.807) is 17.5 Å². The molecule has 2 aromatic rings. The molecule has 2 N–H and O–H groups in total. The highest BCUT2D eigenvalue weighted by Gasteiger charge is 2.22. The van der Waals surface area contributed by atoms with Gasteiger partial charge in [0.15, 0.2) is 0 Å². The molecular formula is C12H14N2O2S2.